The maximum atomic E-state index is 12.5. The first-order valence-corrected chi connectivity index (χ1v) is 9.46. The number of sulfonamides is 1. The van der Waals surface area contributed by atoms with Gasteiger partial charge < -0.3 is 0 Å². The normalized spacial score (nSPS) is 14.6. The van der Waals surface area contributed by atoms with Gasteiger partial charge in [-0.15, -0.1) is 10.2 Å². The fourth-order valence-electron chi connectivity index (χ4n) is 2.73. The van der Waals surface area contributed by atoms with Gasteiger partial charge in [-0.2, -0.15) is 0 Å². The summed E-state index contributed by atoms with van der Waals surface area (Å²) in [5.41, 5.74) is 1.69. The molecule has 0 aliphatic carbocycles. The molecular formula is C17H20N4O2S. The minimum Gasteiger partial charge on any atom is -0.285 e. The van der Waals surface area contributed by atoms with Gasteiger partial charge in [-0.25, -0.2) is 13.1 Å². The first-order chi connectivity index (χ1) is 11.5. The molecule has 0 fully saturated rings. The van der Waals surface area contributed by atoms with Gasteiger partial charge in [-0.1, -0.05) is 43.3 Å². The Kier molecular flexibility index (Phi) is 4.64. The zero-order valence-corrected chi connectivity index (χ0v) is 14.4. The van der Waals surface area contributed by atoms with E-state index in [9.17, 15) is 8.42 Å². The van der Waals surface area contributed by atoms with E-state index >= 15 is 0 Å². The molecule has 0 bridgehead atoms. The average Bonchev–Trinajstić information content (AvgIpc) is 2.99. The van der Waals surface area contributed by atoms with Crippen molar-refractivity contribution in [1.82, 2.24) is 19.3 Å². The van der Waals surface area contributed by atoms with Crippen LogP contribution in [0.1, 0.15) is 37.2 Å². The fourth-order valence-corrected chi connectivity index (χ4v) is 4.32. The van der Waals surface area contributed by atoms with Gasteiger partial charge in [0.25, 0.3) is 0 Å². The summed E-state index contributed by atoms with van der Waals surface area (Å²) in [5.74, 6) is 0.505. The van der Waals surface area contributed by atoms with Crippen LogP contribution >= 0.6 is 0 Å². The summed E-state index contributed by atoms with van der Waals surface area (Å²) in [7, 11) is -3.45. The molecule has 2 heterocycles. The molecule has 7 heteroatoms. The summed E-state index contributed by atoms with van der Waals surface area (Å²) in [6, 6.07) is 14.7. The molecule has 1 aromatic carbocycles. The Bertz CT molecular complexity index is 922. The number of aromatic nitrogens is 3. The lowest BCUT2D eigenvalue weighted by Gasteiger charge is -2.16. The molecule has 0 radical (unpaired) electrons. The summed E-state index contributed by atoms with van der Waals surface area (Å²) in [5, 5.41) is 8.16. The van der Waals surface area contributed by atoms with Crippen LogP contribution in [0.5, 0.6) is 0 Å². The van der Waals surface area contributed by atoms with E-state index in [4.69, 9.17) is 0 Å². The summed E-state index contributed by atoms with van der Waals surface area (Å²) < 4.78 is 29.5. The van der Waals surface area contributed by atoms with E-state index in [1.807, 2.05) is 61.7 Å². The van der Waals surface area contributed by atoms with Gasteiger partial charge >= 0.3 is 0 Å². The minimum atomic E-state index is -3.45. The third-order valence-electron chi connectivity index (χ3n) is 3.92. The van der Waals surface area contributed by atoms with Crippen LogP contribution < -0.4 is 4.72 Å². The molecular weight excluding hydrogens is 324 g/mol. The highest BCUT2D eigenvalue weighted by Gasteiger charge is 2.22. The maximum absolute atomic E-state index is 12.5. The molecule has 2 atom stereocenters. The Morgan fingerprint density at radius 2 is 1.75 bits per heavy atom. The van der Waals surface area contributed by atoms with Crippen molar-refractivity contribution < 1.29 is 8.42 Å². The summed E-state index contributed by atoms with van der Waals surface area (Å²) in [6.45, 7) is 3.68. The van der Waals surface area contributed by atoms with E-state index in [0.29, 0.717) is 11.5 Å². The van der Waals surface area contributed by atoms with Gasteiger partial charge in [0.05, 0.1) is 11.8 Å². The van der Waals surface area contributed by atoms with Gasteiger partial charge in [0.2, 0.25) is 10.0 Å². The zero-order chi connectivity index (χ0) is 17.2. The van der Waals surface area contributed by atoms with Crippen LogP contribution in [-0.2, 0) is 10.0 Å². The molecule has 0 spiro atoms. The van der Waals surface area contributed by atoms with Gasteiger partial charge in [0.15, 0.2) is 11.5 Å². The third kappa shape index (κ3) is 3.63. The lowest BCUT2D eigenvalue weighted by Crippen LogP contribution is -2.31. The van der Waals surface area contributed by atoms with Crippen LogP contribution in [0.15, 0.2) is 54.7 Å². The van der Waals surface area contributed by atoms with E-state index in [1.54, 1.807) is 11.3 Å². The van der Waals surface area contributed by atoms with Crippen molar-refractivity contribution in [3.8, 4) is 0 Å². The second kappa shape index (κ2) is 6.70. The number of hydrogen-bond donors (Lipinski definition) is 1. The van der Waals surface area contributed by atoms with Crippen molar-refractivity contribution in [1.29, 1.82) is 0 Å². The Labute approximate surface area is 141 Å². The minimum absolute atomic E-state index is 0.0259. The van der Waals surface area contributed by atoms with E-state index in [-0.39, 0.29) is 11.7 Å². The molecule has 24 heavy (non-hydrogen) atoms. The fraction of sp³-hybridized carbons (Fsp3) is 0.294. The molecule has 2 aromatic heterocycles. The monoisotopic (exact) mass is 344 g/mol. The van der Waals surface area contributed by atoms with Crippen molar-refractivity contribution in [2.24, 2.45) is 0 Å². The van der Waals surface area contributed by atoms with Crippen LogP contribution in [0, 0.1) is 0 Å². The van der Waals surface area contributed by atoms with E-state index in [2.05, 4.69) is 14.9 Å². The molecule has 1 N–H and O–H groups in total. The Hall–Kier alpha value is -2.25. The SMILES string of the molecule is C[C@H](NS(=O)(=O)C[C@H](C)c1ccccc1)c1nnc2ccccn12. The van der Waals surface area contributed by atoms with Crippen molar-refractivity contribution in [3.05, 3.63) is 66.1 Å². The number of benzene rings is 1. The van der Waals surface area contributed by atoms with Crippen LogP contribution in [0.25, 0.3) is 5.65 Å². The van der Waals surface area contributed by atoms with Crippen LogP contribution in [-0.4, -0.2) is 28.8 Å². The average molecular weight is 344 g/mol. The summed E-state index contributed by atoms with van der Waals surface area (Å²) >= 11 is 0. The first kappa shape index (κ1) is 16.6. The quantitative estimate of drug-likeness (QED) is 0.745. The van der Waals surface area contributed by atoms with Crippen molar-refractivity contribution >= 4 is 15.7 Å². The van der Waals surface area contributed by atoms with E-state index in [0.717, 1.165) is 5.56 Å². The molecule has 0 aliphatic rings. The highest BCUT2D eigenvalue weighted by atomic mass is 32.2. The highest BCUT2D eigenvalue weighted by molar-refractivity contribution is 7.89. The number of fused-ring (bicyclic) bond motifs is 1. The number of hydrogen-bond acceptors (Lipinski definition) is 4. The van der Waals surface area contributed by atoms with Gasteiger partial charge in [-0.3, -0.25) is 4.40 Å². The largest absolute Gasteiger partial charge is 0.285 e. The number of nitrogens with one attached hydrogen (secondary N) is 1. The van der Waals surface area contributed by atoms with E-state index < -0.39 is 16.1 Å². The standard InChI is InChI=1S/C17H20N4O2S/c1-13(15-8-4-3-5-9-15)12-24(22,23)20-14(2)17-19-18-16-10-6-7-11-21(16)17/h3-11,13-14,20H,12H2,1-2H3/t13-,14-/m0/s1. The highest BCUT2D eigenvalue weighted by Crippen LogP contribution is 2.18. The number of nitrogens with zero attached hydrogens (tertiary/aromatic N) is 3. The molecule has 0 saturated heterocycles. The molecule has 0 unspecified atom stereocenters. The topological polar surface area (TPSA) is 76.4 Å². The zero-order valence-electron chi connectivity index (χ0n) is 13.6. The smallest absolute Gasteiger partial charge is 0.212 e. The van der Waals surface area contributed by atoms with Gasteiger partial charge in [0, 0.05) is 6.20 Å². The summed E-state index contributed by atoms with van der Waals surface area (Å²) in [6.07, 6.45) is 1.82. The molecule has 0 aliphatic heterocycles. The Balaban J connectivity index is 1.74. The predicted octanol–water partition coefficient (Wildman–Crippen LogP) is 2.51. The van der Waals surface area contributed by atoms with Crippen LogP contribution in [0.4, 0.5) is 0 Å². The Morgan fingerprint density at radius 3 is 2.50 bits per heavy atom. The second-order valence-electron chi connectivity index (χ2n) is 5.92. The lowest BCUT2D eigenvalue weighted by atomic mass is 10.0. The number of rotatable bonds is 6. The molecule has 3 rings (SSSR count). The Morgan fingerprint density at radius 1 is 1.04 bits per heavy atom. The molecule has 6 nitrogen and oxygen atoms in total. The first-order valence-electron chi connectivity index (χ1n) is 7.81. The van der Waals surface area contributed by atoms with Crippen molar-refractivity contribution in [3.63, 3.8) is 0 Å². The van der Waals surface area contributed by atoms with Crippen molar-refractivity contribution in [2.75, 3.05) is 5.75 Å². The van der Waals surface area contributed by atoms with Crippen LogP contribution in [0.3, 0.4) is 0 Å². The lowest BCUT2D eigenvalue weighted by molar-refractivity contribution is 0.553. The predicted molar refractivity (Wildman–Crippen MR) is 93.2 cm³/mol. The summed E-state index contributed by atoms with van der Waals surface area (Å²) in [4.78, 5) is 0. The van der Waals surface area contributed by atoms with Crippen LogP contribution in [0.2, 0.25) is 0 Å². The molecule has 0 amide bonds. The molecule has 3 aromatic rings. The van der Waals surface area contributed by atoms with Crippen molar-refractivity contribution in [2.45, 2.75) is 25.8 Å². The van der Waals surface area contributed by atoms with Gasteiger partial charge in [0.1, 0.15) is 0 Å². The van der Waals surface area contributed by atoms with Gasteiger partial charge in [-0.05, 0) is 30.5 Å². The third-order valence-corrected chi connectivity index (χ3v) is 5.57. The molecule has 126 valence electrons. The second-order valence-corrected chi connectivity index (χ2v) is 7.72. The van der Waals surface area contributed by atoms with E-state index in [1.165, 1.54) is 0 Å². The molecule has 0 saturated carbocycles. The number of pyridine rings is 1. The maximum Gasteiger partial charge on any atom is 0.212 e.